The van der Waals surface area contributed by atoms with Gasteiger partial charge in [-0.1, -0.05) is 12.1 Å². The minimum atomic E-state index is -4.37. The van der Waals surface area contributed by atoms with Crippen LogP contribution in [0.15, 0.2) is 30.5 Å². The fraction of sp³-hybridized carbons (Fsp3) is 0.0833. The maximum absolute atomic E-state index is 12.5. The molecule has 0 saturated heterocycles. The molecule has 8 heteroatoms. The lowest BCUT2D eigenvalue weighted by atomic mass is 10.1. The summed E-state index contributed by atoms with van der Waals surface area (Å²) in [6.07, 6.45) is -2.88. The third-order valence-corrected chi connectivity index (χ3v) is 2.81. The Morgan fingerprint density at radius 3 is 2.40 bits per heavy atom. The average Bonchev–Trinajstić information content (AvgIpc) is 2.86. The lowest BCUT2D eigenvalue weighted by molar-refractivity contribution is -0.137. The summed E-state index contributed by atoms with van der Waals surface area (Å²) in [6.45, 7) is 0. The van der Waals surface area contributed by atoms with Crippen molar-refractivity contribution in [1.82, 2.24) is 20.2 Å². The van der Waals surface area contributed by atoms with Crippen LogP contribution in [-0.2, 0) is 6.18 Å². The first-order valence-electron chi connectivity index (χ1n) is 5.59. The molecule has 102 valence electrons. The lowest BCUT2D eigenvalue weighted by Crippen LogP contribution is -2.04. The fourth-order valence-corrected chi connectivity index (χ4v) is 1.79. The van der Waals surface area contributed by atoms with Crippen LogP contribution in [0.3, 0.4) is 0 Å². The van der Waals surface area contributed by atoms with Crippen molar-refractivity contribution in [3.63, 3.8) is 0 Å². The number of H-pyrrole nitrogens is 1. The van der Waals surface area contributed by atoms with E-state index in [0.29, 0.717) is 16.6 Å². The molecule has 0 spiro atoms. The third kappa shape index (κ3) is 2.04. The first kappa shape index (κ1) is 12.4. The van der Waals surface area contributed by atoms with Crippen molar-refractivity contribution >= 4 is 16.9 Å². The number of benzene rings is 1. The van der Waals surface area contributed by atoms with E-state index in [-0.39, 0.29) is 11.6 Å². The molecule has 2 heterocycles. The fourth-order valence-electron chi connectivity index (χ4n) is 1.79. The number of hydrogen-bond donors (Lipinski definition) is 2. The van der Waals surface area contributed by atoms with E-state index in [1.807, 2.05) is 0 Å². The number of rotatable bonds is 1. The molecular formula is C12H8F3N5. The Morgan fingerprint density at radius 1 is 1.05 bits per heavy atom. The number of nitrogen functional groups attached to an aromatic ring is 1. The van der Waals surface area contributed by atoms with Gasteiger partial charge in [-0.3, -0.25) is 5.10 Å². The van der Waals surface area contributed by atoms with E-state index in [9.17, 15) is 13.2 Å². The molecule has 0 aliphatic heterocycles. The Labute approximate surface area is 110 Å². The van der Waals surface area contributed by atoms with Crippen LogP contribution in [0, 0.1) is 0 Å². The van der Waals surface area contributed by atoms with Crippen molar-refractivity contribution in [3.8, 4) is 11.4 Å². The summed E-state index contributed by atoms with van der Waals surface area (Å²) >= 11 is 0. The van der Waals surface area contributed by atoms with Crippen LogP contribution in [0.4, 0.5) is 19.0 Å². The van der Waals surface area contributed by atoms with Crippen molar-refractivity contribution in [3.05, 3.63) is 36.0 Å². The normalized spacial score (nSPS) is 11.9. The molecule has 3 rings (SSSR count). The predicted molar refractivity (Wildman–Crippen MR) is 66.5 cm³/mol. The van der Waals surface area contributed by atoms with Crippen LogP contribution in [0.25, 0.3) is 22.4 Å². The zero-order valence-corrected chi connectivity index (χ0v) is 9.94. The van der Waals surface area contributed by atoms with E-state index < -0.39 is 11.7 Å². The van der Waals surface area contributed by atoms with Crippen molar-refractivity contribution in [1.29, 1.82) is 0 Å². The van der Waals surface area contributed by atoms with Gasteiger partial charge >= 0.3 is 6.18 Å². The smallest absolute Gasteiger partial charge is 0.383 e. The number of fused-ring (bicyclic) bond motifs is 1. The summed E-state index contributed by atoms with van der Waals surface area (Å²) < 4.78 is 37.5. The lowest BCUT2D eigenvalue weighted by Gasteiger charge is -2.07. The second kappa shape index (κ2) is 4.19. The number of nitrogens with zero attached hydrogens (tertiary/aromatic N) is 3. The van der Waals surface area contributed by atoms with Crippen LogP contribution in [0.2, 0.25) is 0 Å². The predicted octanol–water partition coefficient (Wildman–Crippen LogP) is 2.62. The summed E-state index contributed by atoms with van der Waals surface area (Å²) in [6, 6.07) is 4.57. The number of nitrogens with one attached hydrogen (secondary N) is 1. The highest BCUT2D eigenvalue weighted by molar-refractivity contribution is 5.86. The zero-order chi connectivity index (χ0) is 14.3. The molecule has 0 radical (unpaired) electrons. The van der Waals surface area contributed by atoms with Crippen LogP contribution in [0.1, 0.15) is 5.56 Å². The average molecular weight is 279 g/mol. The summed E-state index contributed by atoms with van der Waals surface area (Å²) in [5, 5.41) is 7.00. The molecule has 2 aromatic heterocycles. The largest absolute Gasteiger partial charge is 0.416 e. The highest BCUT2D eigenvalue weighted by Crippen LogP contribution is 2.30. The van der Waals surface area contributed by atoms with E-state index >= 15 is 0 Å². The summed E-state index contributed by atoms with van der Waals surface area (Å²) in [5.74, 6) is 0.464. The standard InChI is InChI=1S/C12H8F3N5/c13-12(14,15)7-3-1-6(2-4-7)10-18-9(16)8-5-17-20-11(8)19-10/h1-5H,(H3,16,17,18,19,20). The molecule has 0 fully saturated rings. The molecule has 0 unspecified atom stereocenters. The van der Waals surface area contributed by atoms with Gasteiger partial charge in [-0.25, -0.2) is 9.97 Å². The Morgan fingerprint density at radius 2 is 1.75 bits per heavy atom. The topological polar surface area (TPSA) is 80.5 Å². The molecule has 5 nitrogen and oxygen atoms in total. The number of halogens is 3. The first-order chi connectivity index (χ1) is 9.45. The van der Waals surface area contributed by atoms with Crippen molar-refractivity contribution in [2.24, 2.45) is 0 Å². The van der Waals surface area contributed by atoms with Crippen molar-refractivity contribution in [2.75, 3.05) is 5.73 Å². The molecule has 0 aliphatic carbocycles. The van der Waals surface area contributed by atoms with Gasteiger partial charge in [-0.15, -0.1) is 0 Å². The summed E-state index contributed by atoms with van der Waals surface area (Å²) in [4.78, 5) is 8.23. The van der Waals surface area contributed by atoms with Crippen molar-refractivity contribution < 1.29 is 13.2 Å². The Bertz CT molecular complexity index is 761. The molecule has 3 aromatic rings. The van der Waals surface area contributed by atoms with E-state index in [4.69, 9.17) is 5.73 Å². The number of alkyl halides is 3. The molecule has 0 bridgehead atoms. The van der Waals surface area contributed by atoms with E-state index in [0.717, 1.165) is 12.1 Å². The summed E-state index contributed by atoms with van der Waals surface area (Å²) in [7, 11) is 0. The van der Waals surface area contributed by atoms with E-state index in [1.54, 1.807) is 0 Å². The van der Waals surface area contributed by atoms with Gasteiger partial charge in [0.15, 0.2) is 11.5 Å². The Kier molecular flexibility index (Phi) is 2.60. The Balaban J connectivity index is 2.06. The first-order valence-corrected chi connectivity index (χ1v) is 5.59. The van der Waals surface area contributed by atoms with Gasteiger partial charge in [0, 0.05) is 5.56 Å². The van der Waals surface area contributed by atoms with E-state index in [1.165, 1.54) is 18.3 Å². The SMILES string of the molecule is Nc1nc(-c2ccc(C(F)(F)F)cc2)nc2[nH]ncc12. The molecule has 3 N–H and O–H groups in total. The number of aromatic nitrogens is 4. The van der Waals surface area contributed by atoms with Gasteiger partial charge in [0.2, 0.25) is 0 Å². The highest BCUT2D eigenvalue weighted by Gasteiger charge is 2.30. The van der Waals surface area contributed by atoms with Crippen molar-refractivity contribution in [2.45, 2.75) is 6.18 Å². The van der Waals surface area contributed by atoms with Crippen LogP contribution in [-0.4, -0.2) is 20.2 Å². The van der Waals surface area contributed by atoms with E-state index in [2.05, 4.69) is 20.2 Å². The molecule has 0 aliphatic rings. The third-order valence-electron chi connectivity index (χ3n) is 2.81. The second-order valence-electron chi connectivity index (χ2n) is 4.14. The van der Waals surface area contributed by atoms with Gasteiger partial charge in [0.25, 0.3) is 0 Å². The molecule has 0 saturated carbocycles. The number of nitrogens with two attached hydrogens (primary N) is 1. The number of aromatic amines is 1. The molecule has 0 atom stereocenters. The number of anilines is 1. The summed E-state index contributed by atoms with van der Waals surface area (Å²) in [5.41, 5.74) is 5.90. The van der Waals surface area contributed by atoms with Gasteiger partial charge in [-0.2, -0.15) is 18.3 Å². The van der Waals surface area contributed by atoms with Gasteiger partial charge < -0.3 is 5.73 Å². The molecule has 1 aromatic carbocycles. The van der Waals surface area contributed by atoms with Crippen LogP contribution in [0.5, 0.6) is 0 Å². The highest BCUT2D eigenvalue weighted by atomic mass is 19.4. The maximum Gasteiger partial charge on any atom is 0.416 e. The van der Waals surface area contributed by atoms with Crippen LogP contribution >= 0.6 is 0 Å². The van der Waals surface area contributed by atoms with Gasteiger partial charge in [-0.05, 0) is 12.1 Å². The van der Waals surface area contributed by atoms with Crippen LogP contribution < -0.4 is 5.73 Å². The second-order valence-corrected chi connectivity index (χ2v) is 4.14. The minimum absolute atomic E-state index is 0.221. The monoisotopic (exact) mass is 279 g/mol. The number of hydrogen-bond acceptors (Lipinski definition) is 4. The molecular weight excluding hydrogens is 271 g/mol. The minimum Gasteiger partial charge on any atom is -0.383 e. The quantitative estimate of drug-likeness (QED) is 0.717. The van der Waals surface area contributed by atoms with Gasteiger partial charge in [0.1, 0.15) is 5.82 Å². The Hall–Kier alpha value is -2.64. The molecule has 20 heavy (non-hydrogen) atoms. The maximum atomic E-state index is 12.5. The van der Waals surface area contributed by atoms with Gasteiger partial charge in [0.05, 0.1) is 17.1 Å². The zero-order valence-electron chi connectivity index (χ0n) is 9.94. The molecule has 0 amide bonds.